The van der Waals surface area contributed by atoms with Gasteiger partial charge >= 0.3 is 5.97 Å². The molecule has 0 aliphatic rings. The van der Waals surface area contributed by atoms with Gasteiger partial charge in [0.15, 0.2) is 8.32 Å². The van der Waals surface area contributed by atoms with E-state index in [4.69, 9.17) is 13.6 Å². The molecule has 0 bridgehead atoms. The maximum absolute atomic E-state index is 11.6. The third kappa shape index (κ3) is 10.1. The lowest BCUT2D eigenvalue weighted by molar-refractivity contribution is -0.138. The molecule has 7 heteroatoms. The molecule has 0 aliphatic heterocycles. The quantitative estimate of drug-likeness (QED) is 0.0977. The van der Waals surface area contributed by atoms with Crippen LogP contribution in [0.25, 0.3) is 0 Å². The average Bonchev–Trinajstić information content (AvgIpc) is 2.66. The monoisotopic (exact) mass is 488 g/mol. The maximum atomic E-state index is 11.6. The number of carbonyl (C=O) groups excluding carboxylic acids is 1. The summed E-state index contributed by atoms with van der Waals surface area (Å²) >= 11 is 0. The minimum atomic E-state index is -2.13. The molecule has 0 rings (SSSR count). The molecule has 184 valence electrons. The maximum Gasteiger partial charge on any atom is 0.333 e. The van der Waals surface area contributed by atoms with Crippen molar-refractivity contribution < 1.29 is 18.4 Å². The summed E-state index contributed by atoms with van der Waals surface area (Å²) < 4.78 is 19.3. The number of rotatable bonds is 16. The van der Waals surface area contributed by atoms with Gasteiger partial charge in [0.05, 0.1) is 19.9 Å². The molecule has 31 heavy (non-hydrogen) atoms. The third-order valence-corrected chi connectivity index (χ3v) is 17.6. The molecule has 0 aromatic heterocycles. The molecule has 0 radical (unpaired) electrons. The van der Waals surface area contributed by atoms with Crippen LogP contribution in [0.15, 0.2) is 12.2 Å². The number of carbonyl (C=O) groups is 1. The Morgan fingerprint density at radius 2 is 1.58 bits per heavy atom. The zero-order chi connectivity index (χ0) is 24.5. The van der Waals surface area contributed by atoms with Gasteiger partial charge in [-0.25, -0.2) is 4.79 Å². The Hall–Kier alpha value is -0.219. The van der Waals surface area contributed by atoms with Crippen molar-refractivity contribution in [2.75, 3.05) is 6.61 Å². The first-order valence-corrected chi connectivity index (χ1v) is 21.6. The van der Waals surface area contributed by atoms with Crippen molar-refractivity contribution in [1.29, 1.82) is 0 Å². The smallest absolute Gasteiger partial charge is 0.333 e. The summed E-state index contributed by atoms with van der Waals surface area (Å²) in [4.78, 5) is 11.6. The van der Waals surface area contributed by atoms with E-state index in [-0.39, 0.29) is 11.2 Å². The van der Waals surface area contributed by atoms with E-state index < -0.39 is 24.7 Å². The highest BCUT2D eigenvalue weighted by atomic mass is 28.4. The summed E-state index contributed by atoms with van der Waals surface area (Å²) in [7, 11) is -5.52. The Labute approximate surface area is 196 Å². The largest absolute Gasteiger partial charge is 0.462 e. The van der Waals surface area contributed by atoms with Gasteiger partial charge in [0, 0.05) is 11.3 Å². The molecule has 1 unspecified atom stereocenters. The number of hydrogen-bond donors (Lipinski definition) is 0. The highest BCUT2D eigenvalue weighted by Gasteiger charge is 2.50. The van der Waals surface area contributed by atoms with Crippen LogP contribution in [-0.4, -0.2) is 48.2 Å². The third-order valence-electron chi connectivity index (χ3n) is 6.81. The van der Waals surface area contributed by atoms with Gasteiger partial charge < -0.3 is 13.6 Å². The number of ether oxygens (including phenoxy) is 1. The van der Waals surface area contributed by atoms with Crippen molar-refractivity contribution in [2.24, 2.45) is 0 Å². The summed E-state index contributed by atoms with van der Waals surface area (Å²) in [6.07, 6.45) is 5.44. The Bertz CT molecular complexity index is 575. The van der Waals surface area contributed by atoms with Gasteiger partial charge in [-0.2, -0.15) is 0 Å². The van der Waals surface area contributed by atoms with Gasteiger partial charge in [-0.3, -0.25) is 0 Å². The lowest BCUT2D eigenvalue weighted by Crippen LogP contribution is -2.63. The van der Waals surface area contributed by atoms with Crippen molar-refractivity contribution in [2.45, 2.75) is 129 Å². The lowest BCUT2D eigenvalue weighted by Gasteiger charge is -2.49. The molecule has 4 nitrogen and oxygen atoms in total. The topological polar surface area (TPSA) is 44.8 Å². The zero-order valence-corrected chi connectivity index (χ0v) is 25.6. The molecule has 0 aromatic rings. The normalized spacial score (nSPS) is 16.0. The predicted octanol–water partition coefficient (Wildman–Crippen LogP) is 7.47. The van der Waals surface area contributed by atoms with Crippen LogP contribution in [0.3, 0.4) is 0 Å². The Balaban J connectivity index is 5.22. The second-order valence-corrected chi connectivity index (χ2v) is 24.7. The summed E-state index contributed by atoms with van der Waals surface area (Å²) in [5, 5.41) is -0.222. The summed E-state index contributed by atoms with van der Waals surface area (Å²) in [6, 6.07) is 2.30. The average molecular weight is 489 g/mol. The van der Waals surface area contributed by atoms with Crippen LogP contribution in [0.5, 0.6) is 0 Å². The van der Waals surface area contributed by atoms with E-state index in [1.807, 2.05) is 0 Å². The van der Waals surface area contributed by atoms with Crippen molar-refractivity contribution >= 4 is 30.7 Å². The fourth-order valence-electron chi connectivity index (χ4n) is 4.14. The molecule has 0 aliphatic carbocycles. The lowest BCUT2D eigenvalue weighted by atomic mass is 10.3. The van der Waals surface area contributed by atoms with E-state index in [2.05, 4.69) is 73.6 Å². The van der Waals surface area contributed by atoms with Gasteiger partial charge in [0.2, 0.25) is 8.32 Å². The molecule has 0 amide bonds. The Morgan fingerprint density at radius 1 is 1.00 bits per heavy atom. The molecule has 0 aromatic carbocycles. The van der Waals surface area contributed by atoms with Crippen molar-refractivity contribution in [3.8, 4) is 0 Å². The summed E-state index contributed by atoms with van der Waals surface area (Å²) in [5.74, 6) is -0.304. The van der Waals surface area contributed by atoms with E-state index in [1.165, 1.54) is 18.9 Å². The van der Waals surface area contributed by atoms with Crippen molar-refractivity contribution in [3.63, 3.8) is 0 Å². The van der Waals surface area contributed by atoms with E-state index in [1.54, 1.807) is 6.92 Å². The molecular weight excluding hydrogens is 437 g/mol. The van der Waals surface area contributed by atoms with E-state index in [0.29, 0.717) is 17.9 Å². The van der Waals surface area contributed by atoms with Crippen LogP contribution in [0.1, 0.15) is 66.7 Å². The van der Waals surface area contributed by atoms with Gasteiger partial charge in [-0.1, -0.05) is 59.3 Å². The van der Waals surface area contributed by atoms with E-state index >= 15 is 0 Å². The minimum Gasteiger partial charge on any atom is -0.462 e. The molecule has 0 fully saturated rings. The minimum absolute atomic E-state index is 0.222. The first-order valence-electron chi connectivity index (χ1n) is 12.3. The van der Waals surface area contributed by atoms with Crippen LogP contribution < -0.4 is 0 Å². The van der Waals surface area contributed by atoms with Crippen molar-refractivity contribution in [3.05, 3.63) is 12.2 Å². The molecule has 0 saturated heterocycles. The molecule has 0 N–H and O–H groups in total. The first-order chi connectivity index (χ1) is 14.1. The second-order valence-electron chi connectivity index (χ2n) is 11.1. The van der Waals surface area contributed by atoms with Crippen LogP contribution in [0.2, 0.25) is 51.4 Å². The summed E-state index contributed by atoms with van der Waals surface area (Å²) in [5.41, 5.74) is 0.841. The highest BCUT2D eigenvalue weighted by molar-refractivity contribution is 6.81. The molecule has 0 heterocycles. The Morgan fingerprint density at radius 3 is 2.03 bits per heavy atom. The van der Waals surface area contributed by atoms with Crippen LogP contribution >= 0.6 is 0 Å². The molecule has 0 saturated carbocycles. The van der Waals surface area contributed by atoms with Gasteiger partial charge in [0.1, 0.15) is 0 Å². The highest BCUT2D eigenvalue weighted by Crippen LogP contribution is 2.37. The fourth-order valence-corrected chi connectivity index (χ4v) is 15.2. The number of hydrogen-bond acceptors (Lipinski definition) is 4. The van der Waals surface area contributed by atoms with E-state index in [9.17, 15) is 4.79 Å². The fraction of sp³-hybridized carbons (Fsp3) is 0.875. The molecular formula is C24H52O4Si3. The second kappa shape index (κ2) is 12.9. The van der Waals surface area contributed by atoms with Crippen LogP contribution in [-0.2, 0) is 18.4 Å². The standard InChI is InChI=1S/C24H52O4Si3/c1-13-16-19-29(7,8)22(14-2)27-31(11,12)24(6,15-3)28-30(9,10)20-17-18-26-23(25)21(4)5/h22H,4,13-20H2,1-3,5-12H3/t22?,24-/m1/s1. The van der Waals surface area contributed by atoms with Crippen LogP contribution in [0.4, 0.5) is 0 Å². The zero-order valence-electron chi connectivity index (χ0n) is 22.6. The van der Waals surface area contributed by atoms with Crippen LogP contribution in [0, 0.1) is 0 Å². The molecule has 2 atom stereocenters. The first kappa shape index (κ1) is 30.8. The molecule has 0 spiro atoms. The van der Waals surface area contributed by atoms with Gasteiger partial charge in [-0.15, -0.1) is 0 Å². The van der Waals surface area contributed by atoms with E-state index in [0.717, 1.165) is 25.3 Å². The van der Waals surface area contributed by atoms with Gasteiger partial charge in [-0.05, 0) is 65.3 Å². The van der Waals surface area contributed by atoms with Crippen molar-refractivity contribution in [1.82, 2.24) is 0 Å². The summed E-state index contributed by atoms with van der Waals surface area (Å²) in [6.45, 7) is 29.1. The SMILES string of the molecule is C=C(C)C(=O)OCCC[Si](C)(C)O[C@@](C)(CC)[Si](C)(C)OC(CC)[Si](C)(C)CCCC. The Kier molecular flexibility index (Phi) is 12.8. The number of esters is 1. The number of unbranched alkanes of at least 4 members (excludes halogenated alkanes) is 1. The van der Waals surface area contributed by atoms with Gasteiger partial charge in [0.25, 0.3) is 0 Å². The predicted molar refractivity (Wildman–Crippen MR) is 142 cm³/mol.